The highest BCUT2D eigenvalue weighted by Crippen LogP contribution is 2.33. The van der Waals surface area contributed by atoms with Crippen LogP contribution in [0.2, 0.25) is 5.02 Å². The number of para-hydroxylation sites is 2. The minimum atomic E-state index is -4.24. The van der Waals surface area contributed by atoms with E-state index in [4.69, 9.17) is 16.3 Å². The smallest absolute Gasteiger partial charge is 0.264 e. The summed E-state index contributed by atoms with van der Waals surface area (Å²) in [6, 6.07) is 20.7. The first-order valence-corrected chi connectivity index (χ1v) is 14.8. The van der Waals surface area contributed by atoms with Crippen LogP contribution in [0.4, 0.5) is 5.69 Å². The van der Waals surface area contributed by atoms with Gasteiger partial charge >= 0.3 is 0 Å². The number of hydrogen-bond acceptors (Lipinski definition) is 5. The summed E-state index contributed by atoms with van der Waals surface area (Å²) < 4.78 is 34.7. The second kappa shape index (κ2) is 13.2. The molecule has 214 valence electrons. The molecule has 3 aromatic rings. The maximum atomic E-state index is 14.0. The first-order chi connectivity index (χ1) is 18.8. The number of rotatable bonds is 11. The number of halogens is 1. The molecule has 0 heterocycles. The van der Waals surface area contributed by atoms with Crippen LogP contribution in [0.15, 0.2) is 83.8 Å². The molecular formula is C30H36ClN3O5S. The van der Waals surface area contributed by atoms with Crippen molar-refractivity contribution in [3.05, 3.63) is 89.4 Å². The van der Waals surface area contributed by atoms with Gasteiger partial charge in [0, 0.05) is 17.1 Å². The number of nitrogens with one attached hydrogen (secondary N) is 1. The van der Waals surface area contributed by atoms with Gasteiger partial charge in [-0.2, -0.15) is 0 Å². The van der Waals surface area contributed by atoms with E-state index in [-0.39, 0.29) is 23.0 Å². The molecule has 3 aromatic carbocycles. The van der Waals surface area contributed by atoms with Gasteiger partial charge in [0.25, 0.3) is 10.0 Å². The van der Waals surface area contributed by atoms with Crippen molar-refractivity contribution in [3.63, 3.8) is 0 Å². The van der Waals surface area contributed by atoms with E-state index in [0.717, 1.165) is 9.87 Å². The van der Waals surface area contributed by atoms with Crippen LogP contribution in [-0.4, -0.2) is 49.9 Å². The number of anilines is 1. The number of benzene rings is 3. The monoisotopic (exact) mass is 585 g/mol. The Balaban J connectivity index is 2.08. The lowest BCUT2D eigenvalue weighted by molar-refractivity contribution is -0.140. The van der Waals surface area contributed by atoms with Crippen molar-refractivity contribution in [2.45, 2.75) is 57.6 Å². The molecule has 1 N–H and O–H groups in total. The first kappa shape index (κ1) is 31.0. The summed E-state index contributed by atoms with van der Waals surface area (Å²) in [6.07, 6.45) is 0. The van der Waals surface area contributed by atoms with E-state index >= 15 is 0 Å². The van der Waals surface area contributed by atoms with Gasteiger partial charge in [-0.25, -0.2) is 8.42 Å². The third-order valence-electron chi connectivity index (χ3n) is 5.98. The third kappa shape index (κ3) is 7.99. The largest absolute Gasteiger partial charge is 0.492 e. The highest BCUT2D eigenvalue weighted by Gasteiger charge is 2.34. The van der Waals surface area contributed by atoms with E-state index in [1.807, 2.05) is 51.1 Å². The Labute approximate surface area is 241 Å². The molecule has 0 fully saturated rings. The molecule has 0 aliphatic heterocycles. The SMILES string of the molecule is CCOc1ccccc1N(CC(=O)N(Cc1ccccc1)[C@@H](C)C(=O)NC(C)(C)C)S(=O)(=O)c1ccc(Cl)cc1. The zero-order valence-corrected chi connectivity index (χ0v) is 25.0. The quantitative estimate of drug-likeness (QED) is 0.331. The van der Waals surface area contributed by atoms with Crippen molar-refractivity contribution in [1.29, 1.82) is 0 Å². The van der Waals surface area contributed by atoms with Crippen LogP contribution in [0.5, 0.6) is 5.75 Å². The number of ether oxygens (including phenoxy) is 1. The van der Waals surface area contributed by atoms with Gasteiger partial charge in [-0.1, -0.05) is 54.1 Å². The zero-order valence-electron chi connectivity index (χ0n) is 23.4. The summed E-state index contributed by atoms with van der Waals surface area (Å²) in [4.78, 5) is 28.5. The lowest BCUT2D eigenvalue weighted by Crippen LogP contribution is -2.54. The van der Waals surface area contributed by atoms with Crippen molar-refractivity contribution >= 4 is 39.1 Å². The second-order valence-electron chi connectivity index (χ2n) is 10.3. The van der Waals surface area contributed by atoms with Crippen molar-refractivity contribution in [2.24, 2.45) is 0 Å². The number of carbonyl (C=O) groups is 2. The summed E-state index contributed by atoms with van der Waals surface area (Å²) in [5.41, 5.74) is 0.486. The molecule has 0 radical (unpaired) electrons. The zero-order chi connectivity index (χ0) is 29.5. The molecule has 40 heavy (non-hydrogen) atoms. The summed E-state index contributed by atoms with van der Waals surface area (Å²) in [5, 5.41) is 3.29. The molecule has 0 aliphatic carbocycles. The van der Waals surface area contributed by atoms with Crippen LogP contribution in [-0.2, 0) is 26.2 Å². The Morgan fingerprint density at radius 3 is 2.15 bits per heavy atom. The average molecular weight is 586 g/mol. The fraction of sp³-hybridized carbons (Fsp3) is 0.333. The predicted octanol–water partition coefficient (Wildman–Crippen LogP) is 5.27. The Bertz CT molecular complexity index is 1410. The molecule has 3 rings (SSSR count). The number of sulfonamides is 1. The molecule has 0 aliphatic rings. The van der Waals surface area contributed by atoms with Crippen molar-refractivity contribution in [3.8, 4) is 5.75 Å². The van der Waals surface area contributed by atoms with E-state index in [0.29, 0.717) is 17.4 Å². The minimum Gasteiger partial charge on any atom is -0.492 e. The molecule has 1 atom stereocenters. The normalized spacial score (nSPS) is 12.3. The van der Waals surface area contributed by atoms with E-state index in [9.17, 15) is 18.0 Å². The molecule has 2 amide bonds. The molecule has 0 spiro atoms. The van der Waals surface area contributed by atoms with Crippen LogP contribution in [0.25, 0.3) is 0 Å². The fourth-order valence-corrected chi connectivity index (χ4v) is 5.58. The Kier molecular flexibility index (Phi) is 10.2. The maximum Gasteiger partial charge on any atom is 0.264 e. The summed E-state index contributed by atoms with van der Waals surface area (Å²) >= 11 is 6.01. The van der Waals surface area contributed by atoms with Gasteiger partial charge in [0.15, 0.2) is 0 Å². The van der Waals surface area contributed by atoms with E-state index < -0.39 is 34.1 Å². The van der Waals surface area contributed by atoms with Crippen molar-refractivity contribution < 1.29 is 22.7 Å². The molecule has 0 bridgehead atoms. The van der Waals surface area contributed by atoms with Gasteiger partial charge in [0.05, 0.1) is 17.2 Å². The molecule has 0 unspecified atom stereocenters. The average Bonchev–Trinajstić information content (AvgIpc) is 2.90. The Hall–Kier alpha value is -3.56. The first-order valence-electron chi connectivity index (χ1n) is 13.0. The van der Waals surface area contributed by atoms with Gasteiger partial charge in [0.1, 0.15) is 18.3 Å². The summed E-state index contributed by atoms with van der Waals surface area (Å²) in [6.45, 7) is 8.83. The minimum absolute atomic E-state index is 0.0378. The van der Waals surface area contributed by atoms with Gasteiger partial charge in [0.2, 0.25) is 11.8 Å². The third-order valence-corrected chi connectivity index (χ3v) is 8.00. The van der Waals surface area contributed by atoms with Crippen molar-refractivity contribution in [1.82, 2.24) is 10.2 Å². The second-order valence-corrected chi connectivity index (χ2v) is 12.6. The lowest BCUT2D eigenvalue weighted by Gasteiger charge is -2.33. The Morgan fingerprint density at radius 1 is 0.950 bits per heavy atom. The highest BCUT2D eigenvalue weighted by molar-refractivity contribution is 7.92. The van der Waals surface area contributed by atoms with E-state index in [2.05, 4.69) is 5.32 Å². The summed E-state index contributed by atoms with van der Waals surface area (Å²) in [5.74, 6) is -0.591. The molecule has 0 saturated carbocycles. The molecule has 0 aromatic heterocycles. The van der Waals surface area contributed by atoms with E-state index in [1.54, 1.807) is 38.1 Å². The van der Waals surface area contributed by atoms with Gasteiger partial charge in [-0.05, 0) is 76.6 Å². The van der Waals surface area contributed by atoms with Crippen LogP contribution in [0.1, 0.15) is 40.2 Å². The molecule has 0 saturated heterocycles. The van der Waals surface area contributed by atoms with Crippen LogP contribution in [0, 0.1) is 0 Å². The summed E-state index contributed by atoms with van der Waals surface area (Å²) in [7, 11) is -4.24. The van der Waals surface area contributed by atoms with Gasteiger partial charge < -0.3 is 15.0 Å². The predicted molar refractivity (Wildman–Crippen MR) is 158 cm³/mol. The van der Waals surface area contributed by atoms with Crippen LogP contribution in [0.3, 0.4) is 0 Å². The van der Waals surface area contributed by atoms with Gasteiger partial charge in [-0.3, -0.25) is 13.9 Å². The Morgan fingerprint density at radius 2 is 1.55 bits per heavy atom. The molecule has 8 nitrogen and oxygen atoms in total. The number of nitrogens with zero attached hydrogens (tertiary/aromatic N) is 2. The number of carbonyl (C=O) groups excluding carboxylic acids is 2. The topological polar surface area (TPSA) is 96.0 Å². The maximum absolute atomic E-state index is 14.0. The van der Waals surface area contributed by atoms with E-state index in [1.165, 1.54) is 29.2 Å². The fourth-order valence-electron chi connectivity index (χ4n) is 4.02. The highest BCUT2D eigenvalue weighted by atomic mass is 35.5. The number of amides is 2. The van der Waals surface area contributed by atoms with Crippen LogP contribution < -0.4 is 14.4 Å². The number of hydrogen-bond donors (Lipinski definition) is 1. The van der Waals surface area contributed by atoms with Crippen LogP contribution >= 0.6 is 11.6 Å². The van der Waals surface area contributed by atoms with Crippen molar-refractivity contribution in [2.75, 3.05) is 17.5 Å². The molecular weight excluding hydrogens is 550 g/mol. The van der Waals surface area contributed by atoms with Gasteiger partial charge in [-0.15, -0.1) is 0 Å². The standard InChI is InChI=1S/C30H36ClN3O5S/c1-6-39-27-15-11-10-14-26(27)34(40(37,38)25-18-16-24(31)17-19-25)21-28(35)33(20-23-12-8-7-9-13-23)22(2)29(36)32-30(3,4)5/h7-19,22H,6,20-21H2,1-5H3,(H,32,36)/t22-/m0/s1. The molecule has 10 heteroatoms. The lowest BCUT2D eigenvalue weighted by atomic mass is 10.1.